The number of nitrogens with one attached hydrogen (secondary N) is 1. The average Bonchev–Trinajstić information content (AvgIpc) is 3.33. The van der Waals surface area contributed by atoms with E-state index in [9.17, 15) is 18.0 Å². The maximum atomic E-state index is 12.9. The first-order valence-electron chi connectivity index (χ1n) is 9.72. The number of fused-ring (bicyclic) bond motifs is 1. The zero-order chi connectivity index (χ0) is 20.4. The molecule has 2 aromatic heterocycles. The summed E-state index contributed by atoms with van der Waals surface area (Å²) in [5, 5.41) is 7.21. The maximum absolute atomic E-state index is 12.9. The van der Waals surface area contributed by atoms with Crippen LogP contribution in [-0.2, 0) is 11.0 Å². The van der Waals surface area contributed by atoms with E-state index in [4.69, 9.17) is 0 Å². The highest BCUT2D eigenvalue weighted by Gasteiger charge is 2.30. The molecule has 1 aliphatic rings. The van der Waals surface area contributed by atoms with Gasteiger partial charge in [-0.05, 0) is 36.1 Å². The summed E-state index contributed by atoms with van der Waals surface area (Å²) in [6.45, 7) is 0. The Kier molecular flexibility index (Phi) is 5.25. The zero-order valence-corrected chi connectivity index (χ0v) is 15.7. The van der Waals surface area contributed by atoms with Crippen LogP contribution >= 0.6 is 0 Å². The van der Waals surface area contributed by atoms with E-state index in [1.54, 1.807) is 18.5 Å². The second kappa shape index (κ2) is 7.85. The zero-order valence-electron chi connectivity index (χ0n) is 15.7. The van der Waals surface area contributed by atoms with Crippen molar-refractivity contribution in [3.8, 4) is 11.1 Å². The number of rotatable bonds is 5. The highest BCUT2D eigenvalue weighted by molar-refractivity contribution is 5.97. The fourth-order valence-electron chi connectivity index (χ4n) is 3.89. The minimum absolute atomic E-state index is 0.145. The van der Waals surface area contributed by atoms with Crippen LogP contribution in [0.2, 0.25) is 0 Å². The molecule has 1 N–H and O–H groups in total. The number of carbonyl (C=O) groups excluding carboxylic acids is 1. The molecule has 1 aliphatic carbocycles. The second-order valence-electron chi connectivity index (χ2n) is 7.42. The van der Waals surface area contributed by atoms with Crippen molar-refractivity contribution in [2.24, 2.45) is 5.92 Å². The molecule has 0 bridgehead atoms. The Bertz CT molecular complexity index is 1000. The molecule has 152 valence electrons. The van der Waals surface area contributed by atoms with Gasteiger partial charge in [-0.15, -0.1) is 5.10 Å². The van der Waals surface area contributed by atoms with Crippen LogP contribution in [0, 0.1) is 5.92 Å². The molecule has 0 radical (unpaired) electrons. The molecule has 1 fully saturated rings. The first-order valence-corrected chi connectivity index (χ1v) is 9.72. The van der Waals surface area contributed by atoms with Crippen molar-refractivity contribution < 1.29 is 18.0 Å². The molecule has 0 atom stereocenters. The summed E-state index contributed by atoms with van der Waals surface area (Å²) in [5.41, 5.74) is 0.762. The number of benzene rings is 1. The van der Waals surface area contributed by atoms with Gasteiger partial charge >= 0.3 is 6.18 Å². The molecule has 3 aromatic rings. The SMILES string of the molecule is O=C(CCC1CCCC1)Nc1nn2cccnc2c1-c1ccc(C(F)(F)F)cc1. The van der Waals surface area contributed by atoms with Gasteiger partial charge in [0.05, 0.1) is 11.1 Å². The van der Waals surface area contributed by atoms with Crippen molar-refractivity contribution in [1.29, 1.82) is 0 Å². The molecule has 0 spiro atoms. The molecule has 1 saturated carbocycles. The third-order valence-corrected chi connectivity index (χ3v) is 5.41. The number of anilines is 1. The largest absolute Gasteiger partial charge is 0.416 e. The predicted molar refractivity (Wildman–Crippen MR) is 103 cm³/mol. The first-order chi connectivity index (χ1) is 13.9. The molecular weight excluding hydrogens is 381 g/mol. The normalized spacial score (nSPS) is 15.1. The van der Waals surface area contributed by atoms with Gasteiger partial charge in [0.2, 0.25) is 5.91 Å². The molecule has 4 rings (SSSR count). The summed E-state index contributed by atoms with van der Waals surface area (Å²) in [6, 6.07) is 6.49. The third-order valence-electron chi connectivity index (χ3n) is 5.41. The van der Waals surface area contributed by atoms with Crippen molar-refractivity contribution in [3.63, 3.8) is 0 Å². The van der Waals surface area contributed by atoms with E-state index < -0.39 is 11.7 Å². The highest BCUT2D eigenvalue weighted by Crippen LogP contribution is 2.35. The number of alkyl halides is 3. The maximum Gasteiger partial charge on any atom is 0.416 e. The Morgan fingerprint density at radius 1 is 1.17 bits per heavy atom. The summed E-state index contributed by atoms with van der Waals surface area (Å²) >= 11 is 0. The Balaban J connectivity index is 1.61. The van der Waals surface area contributed by atoms with E-state index in [1.807, 2.05) is 0 Å². The van der Waals surface area contributed by atoms with Gasteiger partial charge in [0.15, 0.2) is 11.5 Å². The molecular formula is C21H21F3N4O. The minimum atomic E-state index is -4.41. The van der Waals surface area contributed by atoms with Crippen LogP contribution in [0.15, 0.2) is 42.7 Å². The fourth-order valence-corrected chi connectivity index (χ4v) is 3.89. The summed E-state index contributed by atoms with van der Waals surface area (Å²) < 4.78 is 40.2. The van der Waals surface area contributed by atoms with Crippen molar-refractivity contribution in [3.05, 3.63) is 48.3 Å². The van der Waals surface area contributed by atoms with Gasteiger partial charge in [0.25, 0.3) is 0 Å². The molecule has 29 heavy (non-hydrogen) atoms. The molecule has 0 unspecified atom stereocenters. The lowest BCUT2D eigenvalue weighted by Gasteiger charge is -2.10. The summed E-state index contributed by atoms with van der Waals surface area (Å²) in [7, 11) is 0. The highest BCUT2D eigenvalue weighted by atomic mass is 19.4. The molecule has 8 heteroatoms. The second-order valence-corrected chi connectivity index (χ2v) is 7.42. The van der Waals surface area contributed by atoms with Crippen LogP contribution in [0.3, 0.4) is 0 Å². The lowest BCUT2D eigenvalue weighted by atomic mass is 10.0. The van der Waals surface area contributed by atoms with E-state index >= 15 is 0 Å². The fraction of sp³-hybridized carbons (Fsp3) is 0.381. The Labute approximate surface area is 166 Å². The van der Waals surface area contributed by atoms with Crippen LogP contribution in [0.25, 0.3) is 16.8 Å². The van der Waals surface area contributed by atoms with Crippen LogP contribution in [0.4, 0.5) is 19.0 Å². The number of amides is 1. The number of halogens is 3. The molecule has 0 saturated heterocycles. The van der Waals surface area contributed by atoms with Crippen LogP contribution in [0.1, 0.15) is 44.1 Å². The lowest BCUT2D eigenvalue weighted by molar-refractivity contribution is -0.137. The summed E-state index contributed by atoms with van der Waals surface area (Å²) in [5.74, 6) is 0.756. The standard InChI is InChI=1S/C21H21F3N4O/c22-21(23,24)16-9-7-15(8-10-16)18-19(27-28-13-3-12-25-20(18)28)26-17(29)11-6-14-4-1-2-5-14/h3,7-10,12-14H,1-2,4-6,11H2,(H,26,27,29). The number of hydrogen-bond acceptors (Lipinski definition) is 3. The van der Waals surface area contributed by atoms with Crippen molar-refractivity contribution in [2.75, 3.05) is 5.32 Å². The van der Waals surface area contributed by atoms with Gasteiger partial charge in [0, 0.05) is 18.8 Å². The van der Waals surface area contributed by atoms with Gasteiger partial charge in [-0.2, -0.15) is 13.2 Å². The van der Waals surface area contributed by atoms with E-state index in [0.717, 1.165) is 18.6 Å². The van der Waals surface area contributed by atoms with E-state index in [-0.39, 0.29) is 5.91 Å². The molecule has 1 aromatic carbocycles. The lowest BCUT2D eigenvalue weighted by Crippen LogP contribution is -2.13. The smallest absolute Gasteiger partial charge is 0.309 e. The number of carbonyl (C=O) groups is 1. The average molecular weight is 402 g/mol. The van der Waals surface area contributed by atoms with Crippen LogP contribution in [0.5, 0.6) is 0 Å². The van der Waals surface area contributed by atoms with Gasteiger partial charge in [-0.25, -0.2) is 9.50 Å². The van der Waals surface area contributed by atoms with E-state index in [0.29, 0.717) is 34.9 Å². The van der Waals surface area contributed by atoms with Gasteiger partial charge in [-0.3, -0.25) is 4.79 Å². The van der Waals surface area contributed by atoms with E-state index in [2.05, 4.69) is 15.4 Å². The van der Waals surface area contributed by atoms with Crippen LogP contribution < -0.4 is 5.32 Å². The Hall–Kier alpha value is -2.90. The molecule has 5 nitrogen and oxygen atoms in total. The molecule has 0 aliphatic heterocycles. The van der Waals surface area contributed by atoms with Crippen LogP contribution in [-0.4, -0.2) is 20.5 Å². The van der Waals surface area contributed by atoms with E-state index in [1.165, 1.54) is 42.3 Å². The third kappa shape index (κ3) is 4.26. The topological polar surface area (TPSA) is 59.3 Å². The summed E-state index contributed by atoms with van der Waals surface area (Å²) in [6.07, 6.45) is 4.89. The molecule has 1 amide bonds. The monoisotopic (exact) mass is 402 g/mol. The first kappa shape index (κ1) is 19.4. The summed E-state index contributed by atoms with van der Waals surface area (Å²) in [4.78, 5) is 16.8. The van der Waals surface area contributed by atoms with Crippen molar-refractivity contribution >= 4 is 17.4 Å². The van der Waals surface area contributed by atoms with Crippen molar-refractivity contribution in [2.45, 2.75) is 44.7 Å². The number of nitrogens with zero attached hydrogens (tertiary/aromatic N) is 3. The Morgan fingerprint density at radius 3 is 2.59 bits per heavy atom. The van der Waals surface area contributed by atoms with Gasteiger partial charge in [0.1, 0.15) is 0 Å². The molecule has 2 heterocycles. The minimum Gasteiger partial charge on any atom is -0.309 e. The number of hydrogen-bond donors (Lipinski definition) is 1. The number of aromatic nitrogens is 3. The Morgan fingerprint density at radius 2 is 1.90 bits per heavy atom. The predicted octanol–water partition coefficient (Wildman–Crippen LogP) is 5.32. The van der Waals surface area contributed by atoms with Crippen molar-refractivity contribution in [1.82, 2.24) is 14.6 Å². The van der Waals surface area contributed by atoms with Gasteiger partial charge < -0.3 is 5.32 Å². The van der Waals surface area contributed by atoms with Gasteiger partial charge in [-0.1, -0.05) is 37.8 Å². The quantitative estimate of drug-likeness (QED) is 0.628.